The minimum atomic E-state index is -1.27. The van der Waals surface area contributed by atoms with E-state index in [4.69, 9.17) is 10.9 Å². The summed E-state index contributed by atoms with van der Waals surface area (Å²) in [6.45, 7) is 5.87. The van der Waals surface area contributed by atoms with Crippen molar-refractivity contribution < 1.29 is 14.8 Å². The van der Waals surface area contributed by atoms with Crippen molar-refractivity contribution in [3.63, 3.8) is 0 Å². The average Bonchev–Trinajstić information content (AvgIpc) is 1.98. The summed E-state index contributed by atoms with van der Waals surface area (Å²) in [5.74, 6) is -1.76. The van der Waals surface area contributed by atoms with Crippen molar-refractivity contribution in [3.8, 4) is 0 Å². The Labute approximate surface area is 70.4 Å². The van der Waals surface area contributed by atoms with E-state index in [0.717, 1.165) is 6.08 Å². The number of carbonyl (C=O) groups excluding carboxylic acids is 2. The molecular weight excluding hydrogens is 160 g/mol. The molecule has 0 aliphatic rings. The summed E-state index contributed by atoms with van der Waals surface area (Å²) < 4.78 is 0. The Morgan fingerprint density at radius 1 is 1.58 bits per heavy atom. The second-order valence-corrected chi connectivity index (χ2v) is 2.88. The van der Waals surface area contributed by atoms with Gasteiger partial charge in [0.05, 0.1) is 5.54 Å². The zero-order valence-corrected chi connectivity index (χ0v) is 7.07. The third-order valence-electron chi connectivity index (χ3n) is 1.13. The molecule has 0 spiro atoms. The summed E-state index contributed by atoms with van der Waals surface area (Å²) in [6, 6.07) is 0. The fraction of sp³-hybridized carbons (Fsp3) is 0.429. The van der Waals surface area contributed by atoms with Crippen LogP contribution in [0.15, 0.2) is 12.7 Å². The van der Waals surface area contributed by atoms with Crippen LogP contribution in [0.25, 0.3) is 0 Å². The van der Waals surface area contributed by atoms with E-state index < -0.39 is 17.4 Å². The number of hydrogen-bond donors (Lipinski definition) is 2. The van der Waals surface area contributed by atoms with Gasteiger partial charge in [0.2, 0.25) is 0 Å². The molecule has 0 heterocycles. The van der Waals surface area contributed by atoms with Gasteiger partial charge in [-0.25, -0.2) is 0 Å². The Bertz CT molecular complexity index is 217. The van der Waals surface area contributed by atoms with Crippen LogP contribution in [-0.4, -0.2) is 27.6 Å². The third kappa shape index (κ3) is 2.44. The first-order chi connectivity index (χ1) is 5.30. The van der Waals surface area contributed by atoms with Crippen molar-refractivity contribution in [2.24, 2.45) is 5.73 Å². The quantitative estimate of drug-likeness (QED) is 0.339. The van der Waals surface area contributed by atoms with Gasteiger partial charge in [0.25, 0.3) is 11.8 Å². The molecule has 0 radical (unpaired) electrons. The maximum Gasteiger partial charge on any atom is 0.276 e. The van der Waals surface area contributed by atoms with Crippen LogP contribution in [0.4, 0.5) is 0 Å². The molecule has 0 atom stereocenters. The summed E-state index contributed by atoms with van der Waals surface area (Å²) in [5, 5.41) is 8.86. The van der Waals surface area contributed by atoms with E-state index in [1.807, 2.05) is 0 Å². The van der Waals surface area contributed by atoms with Crippen LogP contribution in [0.3, 0.4) is 0 Å². The molecule has 0 fully saturated rings. The molecule has 0 saturated heterocycles. The topological polar surface area (TPSA) is 83.6 Å². The monoisotopic (exact) mass is 172 g/mol. The normalized spacial score (nSPS) is 10.7. The molecular formula is C7H12N2O3. The lowest BCUT2D eigenvalue weighted by atomic mass is 10.1. The molecule has 0 unspecified atom stereocenters. The molecule has 3 N–H and O–H groups in total. The predicted octanol–water partition coefficient (Wildman–Crippen LogP) is -0.346. The molecule has 0 aliphatic carbocycles. The molecule has 0 bridgehead atoms. The molecule has 0 aliphatic heterocycles. The number of carbonyl (C=O) groups is 2. The van der Waals surface area contributed by atoms with Gasteiger partial charge in [-0.05, 0) is 19.9 Å². The number of hydroxylamine groups is 2. The molecule has 0 aromatic carbocycles. The summed E-state index contributed by atoms with van der Waals surface area (Å²) >= 11 is 0. The smallest absolute Gasteiger partial charge is 0.276 e. The Kier molecular flexibility index (Phi) is 3.12. The molecule has 5 heteroatoms. The zero-order chi connectivity index (χ0) is 9.94. The van der Waals surface area contributed by atoms with Gasteiger partial charge in [0.1, 0.15) is 0 Å². The number of nitrogens with two attached hydrogens (primary N) is 1. The van der Waals surface area contributed by atoms with E-state index in [1.165, 1.54) is 13.8 Å². The van der Waals surface area contributed by atoms with Gasteiger partial charge in [0, 0.05) is 0 Å². The average molecular weight is 172 g/mol. The van der Waals surface area contributed by atoms with E-state index in [-0.39, 0.29) is 5.06 Å². The lowest BCUT2D eigenvalue weighted by Crippen LogP contribution is -2.51. The second kappa shape index (κ2) is 3.46. The SMILES string of the molecule is C=CC(=O)N(O)C(=O)C(C)(C)N. The fourth-order valence-electron chi connectivity index (χ4n) is 0.459. The van der Waals surface area contributed by atoms with Crippen LogP contribution in [0.1, 0.15) is 13.8 Å². The number of imide groups is 1. The summed E-state index contributed by atoms with van der Waals surface area (Å²) in [5.41, 5.74) is 4.06. The zero-order valence-electron chi connectivity index (χ0n) is 7.07. The van der Waals surface area contributed by atoms with Crippen LogP contribution in [0, 0.1) is 0 Å². The van der Waals surface area contributed by atoms with Crippen molar-refractivity contribution >= 4 is 11.8 Å². The highest BCUT2D eigenvalue weighted by molar-refractivity contribution is 6.02. The number of rotatable bonds is 2. The van der Waals surface area contributed by atoms with E-state index in [2.05, 4.69) is 6.58 Å². The Morgan fingerprint density at radius 2 is 2.00 bits per heavy atom. The highest BCUT2D eigenvalue weighted by Crippen LogP contribution is 2.02. The first-order valence-electron chi connectivity index (χ1n) is 3.29. The highest BCUT2D eigenvalue weighted by Gasteiger charge is 2.29. The van der Waals surface area contributed by atoms with Crippen molar-refractivity contribution in [1.82, 2.24) is 5.06 Å². The summed E-state index contributed by atoms with van der Waals surface area (Å²) in [7, 11) is 0. The van der Waals surface area contributed by atoms with Crippen molar-refractivity contribution in [1.29, 1.82) is 0 Å². The minimum absolute atomic E-state index is 0.0486. The fourth-order valence-corrected chi connectivity index (χ4v) is 0.459. The van der Waals surface area contributed by atoms with Crippen LogP contribution >= 0.6 is 0 Å². The Hall–Kier alpha value is -1.20. The van der Waals surface area contributed by atoms with Gasteiger partial charge in [-0.1, -0.05) is 6.58 Å². The van der Waals surface area contributed by atoms with Crippen LogP contribution < -0.4 is 5.73 Å². The van der Waals surface area contributed by atoms with Crippen LogP contribution in [0.2, 0.25) is 0 Å². The lowest BCUT2D eigenvalue weighted by molar-refractivity contribution is -0.178. The van der Waals surface area contributed by atoms with Gasteiger partial charge in [-0.15, -0.1) is 0 Å². The number of hydrogen-bond acceptors (Lipinski definition) is 4. The minimum Gasteiger partial charge on any atom is -0.318 e. The second-order valence-electron chi connectivity index (χ2n) is 2.88. The molecule has 5 nitrogen and oxygen atoms in total. The lowest BCUT2D eigenvalue weighted by Gasteiger charge is -2.21. The number of nitrogens with zero attached hydrogens (tertiary/aromatic N) is 1. The Balaban J connectivity index is 4.51. The molecule has 0 saturated carbocycles. The predicted molar refractivity (Wildman–Crippen MR) is 42.1 cm³/mol. The maximum absolute atomic E-state index is 11.0. The molecule has 12 heavy (non-hydrogen) atoms. The van der Waals surface area contributed by atoms with Gasteiger partial charge in [-0.3, -0.25) is 14.8 Å². The number of amides is 2. The first-order valence-corrected chi connectivity index (χ1v) is 3.29. The summed E-state index contributed by atoms with van der Waals surface area (Å²) in [6.07, 6.45) is 0.823. The molecule has 2 amide bonds. The van der Waals surface area contributed by atoms with Gasteiger partial charge in [0.15, 0.2) is 0 Å². The molecule has 0 aromatic rings. The van der Waals surface area contributed by atoms with Gasteiger partial charge in [-0.2, -0.15) is 5.06 Å². The van der Waals surface area contributed by atoms with Crippen molar-refractivity contribution in [2.45, 2.75) is 19.4 Å². The highest BCUT2D eigenvalue weighted by atomic mass is 16.5. The van der Waals surface area contributed by atoms with Crippen molar-refractivity contribution in [3.05, 3.63) is 12.7 Å². The largest absolute Gasteiger partial charge is 0.318 e. The van der Waals surface area contributed by atoms with Crippen LogP contribution in [0.5, 0.6) is 0 Å². The first kappa shape index (κ1) is 10.8. The van der Waals surface area contributed by atoms with E-state index in [1.54, 1.807) is 0 Å². The van der Waals surface area contributed by atoms with Crippen LogP contribution in [-0.2, 0) is 9.59 Å². The van der Waals surface area contributed by atoms with E-state index >= 15 is 0 Å². The molecule has 0 aromatic heterocycles. The standard InChI is InChI=1S/C7H12N2O3/c1-4-5(10)9(12)6(11)7(2,3)8/h4,12H,1,8H2,2-3H3. The molecule has 68 valence electrons. The van der Waals surface area contributed by atoms with Gasteiger partial charge < -0.3 is 5.73 Å². The maximum atomic E-state index is 11.0. The third-order valence-corrected chi connectivity index (χ3v) is 1.13. The van der Waals surface area contributed by atoms with Gasteiger partial charge >= 0.3 is 0 Å². The summed E-state index contributed by atoms with van der Waals surface area (Å²) in [4.78, 5) is 21.7. The van der Waals surface area contributed by atoms with E-state index in [0.29, 0.717) is 0 Å². The van der Waals surface area contributed by atoms with E-state index in [9.17, 15) is 9.59 Å². The Morgan fingerprint density at radius 3 is 2.25 bits per heavy atom. The molecule has 0 rings (SSSR count). The van der Waals surface area contributed by atoms with Crippen molar-refractivity contribution in [2.75, 3.05) is 0 Å².